The Morgan fingerprint density at radius 1 is 0.920 bits per heavy atom. The topological polar surface area (TPSA) is 32.3 Å². The number of amides is 1. The van der Waals surface area contributed by atoms with E-state index in [4.69, 9.17) is 11.6 Å². The van der Waals surface area contributed by atoms with Crippen LogP contribution in [0.1, 0.15) is 22.1 Å². The van der Waals surface area contributed by atoms with E-state index in [1.54, 1.807) is 29.2 Å². The monoisotopic (exact) mass is 352 g/mol. The van der Waals surface area contributed by atoms with Gasteiger partial charge < -0.3 is 5.32 Å². The van der Waals surface area contributed by atoms with Crippen LogP contribution in [0.2, 0.25) is 5.02 Å². The van der Waals surface area contributed by atoms with E-state index >= 15 is 0 Å². The van der Waals surface area contributed by atoms with Crippen molar-refractivity contribution >= 4 is 28.9 Å². The maximum atomic E-state index is 13.3. The first-order valence-electron chi connectivity index (χ1n) is 7.84. The smallest absolute Gasteiger partial charge is 0.262 e. The first kappa shape index (κ1) is 15.7. The zero-order chi connectivity index (χ0) is 17.4. The number of carbonyl (C=O) groups is 1. The van der Waals surface area contributed by atoms with Crippen LogP contribution < -0.4 is 10.2 Å². The lowest BCUT2D eigenvalue weighted by Gasteiger charge is -2.38. The highest BCUT2D eigenvalue weighted by atomic mass is 35.5. The van der Waals surface area contributed by atoms with E-state index in [1.807, 2.05) is 36.4 Å². The van der Waals surface area contributed by atoms with E-state index in [-0.39, 0.29) is 11.7 Å². The van der Waals surface area contributed by atoms with Crippen molar-refractivity contribution < 1.29 is 9.18 Å². The molecule has 1 aliphatic rings. The number of carbonyl (C=O) groups excluding carboxylic acids is 1. The van der Waals surface area contributed by atoms with E-state index in [1.165, 1.54) is 12.1 Å². The molecule has 1 aliphatic heterocycles. The maximum absolute atomic E-state index is 13.3. The van der Waals surface area contributed by atoms with E-state index < -0.39 is 6.17 Å². The molecule has 3 aromatic rings. The molecule has 0 spiro atoms. The number of anilines is 2. The van der Waals surface area contributed by atoms with Crippen LogP contribution in [0.25, 0.3) is 0 Å². The van der Waals surface area contributed by atoms with Gasteiger partial charge in [-0.1, -0.05) is 41.9 Å². The predicted molar refractivity (Wildman–Crippen MR) is 97.5 cm³/mol. The lowest BCUT2D eigenvalue weighted by molar-refractivity contribution is 0.0975. The molecule has 0 aromatic heterocycles. The highest BCUT2D eigenvalue weighted by molar-refractivity contribution is 6.31. The molecule has 0 bridgehead atoms. The van der Waals surface area contributed by atoms with Gasteiger partial charge in [0.15, 0.2) is 0 Å². The third kappa shape index (κ3) is 2.75. The van der Waals surface area contributed by atoms with Crippen molar-refractivity contribution in [3.63, 3.8) is 0 Å². The normalized spacial score (nSPS) is 16.3. The Balaban J connectivity index is 1.89. The van der Waals surface area contributed by atoms with Crippen molar-refractivity contribution in [3.8, 4) is 0 Å². The molecule has 5 heteroatoms. The van der Waals surface area contributed by atoms with Gasteiger partial charge in [-0.2, -0.15) is 0 Å². The Hall–Kier alpha value is -2.85. The van der Waals surface area contributed by atoms with Gasteiger partial charge in [0.2, 0.25) is 0 Å². The standard InChI is InChI=1S/C20H14ClFN2O/c21-17-7-3-1-5-15(17)19-23-18-8-4-2-6-16(18)20(25)24(19)14-11-9-13(22)10-12-14/h1-12,19,23H/t19-/m0/s1. The molecule has 25 heavy (non-hydrogen) atoms. The van der Waals surface area contributed by atoms with Gasteiger partial charge in [0.25, 0.3) is 5.91 Å². The zero-order valence-electron chi connectivity index (χ0n) is 13.1. The molecule has 3 nitrogen and oxygen atoms in total. The Morgan fingerprint density at radius 2 is 1.60 bits per heavy atom. The summed E-state index contributed by atoms with van der Waals surface area (Å²) >= 11 is 6.37. The molecule has 0 aliphatic carbocycles. The molecule has 0 radical (unpaired) electrons. The van der Waals surface area contributed by atoms with Crippen LogP contribution in [0.3, 0.4) is 0 Å². The number of para-hydroxylation sites is 1. The fourth-order valence-electron chi connectivity index (χ4n) is 3.04. The number of nitrogens with zero attached hydrogens (tertiary/aromatic N) is 1. The maximum Gasteiger partial charge on any atom is 0.262 e. The summed E-state index contributed by atoms with van der Waals surface area (Å²) in [6.45, 7) is 0. The van der Waals surface area contributed by atoms with Crippen molar-refractivity contribution in [2.45, 2.75) is 6.17 Å². The number of hydrogen-bond acceptors (Lipinski definition) is 2. The Kier molecular flexibility index (Phi) is 3.90. The van der Waals surface area contributed by atoms with Gasteiger partial charge in [-0.05, 0) is 42.5 Å². The molecule has 0 saturated carbocycles. The highest BCUT2D eigenvalue weighted by Crippen LogP contribution is 2.38. The number of halogens is 2. The van der Waals surface area contributed by atoms with Crippen LogP contribution in [0, 0.1) is 5.82 Å². The Bertz CT molecular complexity index is 942. The first-order valence-corrected chi connectivity index (χ1v) is 8.22. The quantitative estimate of drug-likeness (QED) is 0.683. The van der Waals surface area contributed by atoms with Crippen LogP contribution in [-0.2, 0) is 0 Å². The molecule has 124 valence electrons. The third-order valence-corrected chi connectivity index (χ3v) is 4.58. The summed E-state index contributed by atoms with van der Waals surface area (Å²) in [6, 6.07) is 20.5. The molecule has 0 unspecified atom stereocenters. The molecule has 1 heterocycles. The van der Waals surface area contributed by atoms with Crippen LogP contribution in [0.4, 0.5) is 15.8 Å². The van der Waals surface area contributed by atoms with Gasteiger partial charge in [-0.3, -0.25) is 9.69 Å². The van der Waals surface area contributed by atoms with Crippen molar-refractivity contribution in [3.05, 3.63) is 94.8 Å². The second-order valence-electron chi connectivity index (χ2n) is 5.77. The average molecular weight is 353 g/mol. The van der Waals surface area contributed by atoms with E-state index in [9.17, 15) is 9.18 Å². The average Bonchev–Trinajstić information content (AvgIpc) is 2.63. The third-order valence-electron chi connectivity index (χ3n) is 4.23. The second kappa shape index (κ2) is 6.22. The second-order valence-corrected chi connectivity index (χ2v) is 6.17. The van der Waals surface area contributed by atoms with E-state index in [2.05, 4.69) is 5.32 Å². The molecule has 1 N–H and O–H groups in total. The zero-order valence-corrected chi connectivity index (χ0v) is 13.9. The number of fused-ring (bicyclic) bond motifs is 1. The fraction of sp³-hybridized carbons (Fsp3) is 0.0500. The fourth-order valence-corrected chi connectivity index (χ4v) is 3.28. The van der Waals surface area contributed by atoms with E-state index in [0.717, 1.165) is 11.3 Å². The summed E-state index contributed by atoms with van der Waals surface area (Å²) in [7, 11) is 0. The minimum Gasteiger partial charge on any atom is -0.360 e. The summed E-state index contributed by atoms with van der Waals surface area (Å²) in [5, 5.41) is 3.93. The lowest BCUT2D eigenvalue weighted by Crippen LogP contribution is -2.43. The molecule has 0 fully saturated rings. The van der Waals surface area contributed by atoms with Crippen molar-refractivity contribution in [2.75, 3.05) is 10.2 Å². The molecule has 1 amide bonds. The lowest BCUT2D eigenvalue weighted by atomic mass is 10.0. The van der Waals surface area contributed by atoms with Gasteiger partial charge in [0, 0.05) is 22.0 Å². The molecular weight excluding hydrogens is 339 g/mol. The minimum atomic E-state index is -0.485. The number of nitrogens with one attached hydrogen (secondary N) is 1. The predicted octanol–water partition coefficient (Wildman–Crippen LogP) is 5.25. The molecular formula is C20H14ClFN2O. The van der Waals surface area contributed by atoms with Gasteiger partial charge in [0.1, 0.15) is 12.0 Å². The first-order chi connectivity index (χ1) is 12.1. The molecule has 3 aromatic carbocycles. The van der Waals surface area contributed by atoms with E-state index in [0.29, 0.717) is 16.3 Å². The summed E-state index contributed by atoms with van der Waals surface area (Å²) in [6.07, 6.45) is -0.485. The van der Waals surface area contributed by atoms with Gasteiger partial charge >= 0.3 is 0 Å². The summed E-state index contributed by atoms with van der Waals surface area (Å²) in [5.74, 6) is -0.512. The Morgan fingerprint density at radius 3 is 2.36 bits per heavy atom. The largest absolute Gasteiger partial charge is 0.360 e. The van der Waals surface area contributed by atoms with Crippen molar-refractivity contribution in [2.24, 2.45) is 0 Å². The molecule has 0 saturated heterocycles. The summed E-state index contributed by atoms with van der Waals surface area (Å²) in [5.41, 5.74) is 2.68. The van der Waals surface area contributed by atoms with Crippen LogP contribution in [0.15, 0.2) is 72.8 Å². The van der Waals surface area contributed by atoms with Crippen LogP contribution in [0.5, 0.6) is 0 Å². The van der Waals surface area contributed by atoms with Crippen LogP contribution >= 0.6 is 11.6 Å². The SMILES string of the molecule is O=C1c2ccccc2N[C@H](c2ccccc2Cl)N1c1ccc(F)cc1. The molecule has 4 rings (SSSR count). The Labute approximate surface area is 149 Å². The van der Waals surface area contributed by atoms with Crippen molar-refractivity contribution in [1.29, 1.82) is 0 Å². The van der Waals surface area contributed by atoms with Gasteiger partial charge in [-0.15, -0.1) is 0 Å². The van der Waals surface area contributed by atoms with Gasteiger partial charge in [-0.25, -0.2) is 4.39 Å². The summed E-state index contributed by atoms with van der Waals surface area (Å²) < 4.78 is 13.3. The van der Waals surface area contributed by atoms with Crippen molar-refractivity contribution in [1.82, 2.24) is 0 Å². The summed E-state index contributed by atoms with van der Waals surface area (Å²) in [4.78, 5) is 14.7. The number of hydrogen-bond donors (Lipinski definition) is 1. The van der Waals surface area contributed by atoms with Gasteiger partial charge in [0.05, 0.1) is 5.56 Å². The number of benzene rings is 3. The van der Waals surface area contributed by atoms with Crippen LogP contribution in [-0.4, -0.2) is 5.91 Å². The minimum absolute atomic E-state index is 0.161. The highest BCUT2D eigenvalue weighted by Gasteiger charge is 2.34. The number of rotatable bonds is 2. The molecule has 1 atom stereocenters.